The van der Waals surface area contributed by atoms with Gasteiger partial charge >= 0.3 is 18.1 Å². The highest BCUT2D eigenvalue weighted by Gasteiger charge is 2.43. The molecule has 0 spiro atoms. The van der Waals surface area contributed by atoms with Crippen LogP contribution < -0.4 is 4.74 Å². The Balaban J connectivity index is 1.42. The number of hydrogen-bond acceptors (Lipinski definition) is 5. The van der Waals surface area contributed by atoms with Gasteiger partial charge in [0.2, 0.25) is 0 Å². The Morgan fingerprint density at radius 2 is 1.77 bits per heavy atom. The minimum Gasteiger partial charge on any atom is -0.497 e. The second kappa shape index (κ2) is 10.5. The summed E-state index contributed by atoms with van der Waals surface area (Å²) < 4.78 is 10.8. The Bertz CT molecular complexity index is 1080. The van der Waals surface area contributed by atoms with Gasteiger partial charge in [-0.1, -0.05) is 42.5 Å². The Hall–Kier alpha value is -4.01. The first-order valence-electron chi connectivity index (χ1n) is 11.4. The van der Waals surface area contributed by atoms with Crippen molar-refractivity contribution in [2.45, 2.75) is 38.2 Å². The van der Waals surface area contributed by atoms with Gasteiger partial charge in [0.1, 0.15) is 17.9 Å². The number of nitrogens with zero attached hydrogens (tertiary/aromatic N) is 3. The number of aliphatic carboxylic acids is 1. The molecule has 1 N–H and O–H groups in total. The lowest BCUT2D eigenvalue weighted by atomic mass is 10.1. The van der Waals surface area contributed by atoms with Gasteiger partial charge in [-0.3, -0.25) is 4.90 Å². The molecule has 2 aliphatic rings. The number of carboxylic acid groups (broad SMARTS) is 1. The van der Waals surface area contributed by atoms with Crippen LogP contribution in [0.5, 0.6) is 5.75 Å². The third-order valence-electron chi connectivity index (χ3n) is 6.31. The van der Waals surface area contributed by atoms with Crippen molar-refractivity contribution in [3.8, 4) is 5.75 Å². The second-order valence-corrected chi connectivity index (χ2v) is 8.67. The molecule has 2 aromatic rings. The van der Waals surface area contributed by atoms with Crippen LogP contribution in [-0.4, -0.2) is 70.2 Å². The third-order valence-corrected chi connectivity index (χ3v) is 6.31. The molecule has 1 unspecified atom stereocenters. The van der Waals surface area contributed by atoms with Gasteiger partial charge in [-0.25, -0.2) is 14.4 Å². The van der Waals surface area contributed by atoms with Gasteiger partial charge in [0.25, 0.3) is 0 Å². The number of carbonyl (C=O) groups is 3. The molecule has 2 atom stereocenters. The highest BCUT2D eigenvalue weighted by molar-refractivity contribution is 5.84. The van der Waals surface area contributed by atoms with Gasteiger partial charge in [-0.2, -0.15) is 0 Å². The van der Waals surface area contributed by atoms with E-state index in [9.17, 15) is 19.5 Å². The fourth-order valence-corrected chi connectivity index (χ4v) is 4.51. The maximum atomic E-state index is 13.4. The Labute approximate surface area is 204 Å². The van der Waals surface area contributed by atoms with Crippen molar-refractivity contribution >= 4 is 18.1 Å². The summed E-state index contributed by atoms with van der Waals surface area (Å²) in [6, 6.07) is 13.5. The lowest BCUT2D eigenvalue weighted by Gasteiger charge is -2.29. The van der Waals surface area contributed by atoms with Crippen LogP contribution in [-0.2, 0) is 29.2 Å². The number of methoxy groups -OCH3 is 1. The topological polar surface area (TPSA) is 99.6 Å². The molecule has 1 saturated heterocycles. The van der Waals surface area contributed by atoms with Crippen molar-refractivity contribution in [2.75, 3.05) is 20.2 Å². The number of likely N-dealkylation sites (tertiary alicyclic amines) is 1. The van der Waals surface area contributed by atoms with Crippen molar-refractivity contribution in [3.63, 3.8) is 0 Å². The summed E-state index contributed by atoms with van der Waals surface area (Å²) >= 11 is 0. The number of carbonyl (C=O) groups excluding carboxylic acids is 2. The van der Waals surface area contributed by atoms with Gasteiger partial charge in [0.05, 0.1) is 13.7 Å². The monoisotopic (exact) mass is 479 g/mol. The molecule has 0 aromatic heterocycles. The van der Waals surface area contributed by atoms with Gasteiger partial charge in [0.15, 0.2) is 0 Å². The smallest absolute Gasteiger partial charge is 0.410 e. The van der Waals surface area contributed by atoms with Gasteiger partial charge in [-0.15, -0.1) is 6.58 Å². The van der Waals surface area contributed by atoms with Crippen molar-refractivity contribution < 1.29 is 29.0 Å². The maximum Gasteiger partial charge on any atom is 0.410 e. The van der Waals surface area contributed by atoms with E-state index >= 15 is 0 Å². The van der Waals surface area contributed by atoms with E-state index in [4.69, 9.17) is 9.47 Å². The van der Waals surface area contributed by atoms with Gasteiger partial charge < -0.3 is 24.4 Å². The van der Waals surface area contributed by atoms with E-state index in [-0.39, 0.29) is 26.1 Å². The molecule has 35 heavy (non-hydrogen) atoms. The lowest BCUT2D eigenvalue weighted by molar-refractivity contribution is -0.141. The van der Waals surface area contributed by atoms with Gasteiger partial charge in [0, 0.05) is 32.6 Å². The quantitative estimate of drug-likeness (QED) is 0.611. The molecule has 0 bridgehead atoms. The van der Waals surface area contributed by atoms with E-state index in [2.05, 4.69) is 6.58 Å². The first kappa shape index (κ1) is 24.1. The largest absolute Gasteiger partial charge is 0.497 e. The van der Waals surface area contributed by atoms with Gasteiger partial charge in [-0.05, 0) is 28.8 Å². The van der Waals surface area contributed by atoms with E-state index in [0.29, 0.717) is 18.8 Å². The molecule has 0 aliphatic carbocycles. The number of rotatable bonds is 7. The van der Waals surface area contributed by atoms with E-state index in [1.807, 2.05) is 36.4 Å². The number of ether oxygens (including phenoxy) is 2. The summed E-state index contributed by atoms with van der Waals surface area (Å²) in [5.74, 6) is -0.430. The normalized spacial score (nSPS) is 18.7. The Kier molecular flexibility index (Phi) is 7.24. The van der Waals surface area contributed by atoms with Crippen molar-refractivity contribution in [2.24, 2.45) is 0 Å². The number of fused-ring (bicyclic) bond motifs is 1. The number of carboxylic acids is 1. The summed E-state index contributed by atoms with van der Waals surface area (Å²) in [5, 5.41) is 9.78. The molecule has 9 heteroatoms. The highest BCUT2D eigenvalue weighted by Crippen LogP contribution is 2.27. The molecule has 1 fully saturated rings. The average molecular weight is 480 g/mol. The number of urea groups is 1. The average Bonchev–Trinajstić information content (AvgIpc) is 3.48. The summed E-state index contributed by atoms with van der Waals surface area (Å²) in [6.45, 7) is 5.14. The summed E-state index contributed by atoms with van der Waals surface area (Å²) in [5.41, 5.74) is 2.99. The highest BCUT2D eigenvalue weighted by atomic mass is 16.6. The zero-order chi connectivity index (χ0) is 24.9. The summed E-state index contributed by atoms with van der Waals surface area (Å²) in [6.07, 6.45) is 0.419. The first-order chi connectivity index (χ1) is 16.9. The predicted molar refractivity (Wildman–Crippen MR) is 128 cm³/mol. The molecule has 2 aromatic carbocycles. The number of hydrogen-bond donors (Lipinski definition) is 1. The molecular weight excluding hydrogens is 450 g/mol. The molecule has 9 nitrogen and oxygen atoms in total. The third kappa shape index (κ3) is 5.40. The SMILES string of the molecule is C=CCN(Cc1ccc(OC)cc1)C(=O)N1C[C@H](OC(=O)N2Cc3ccccc3C2)CC1C(=O)O. The van der Waals surface area contributed by atoms with Crippen LogP contribution >= 0.6 is 0 Å². The van der Waals surface area contributed by atoms with Crippen LogP contribution in [0.25, 0.3) is 0 Å². The summed E-state index contributed by atoms with van der Waals surface area (Å²) in [7, 11) is 1.58. The molecule has 184 valence electrons. The molecule has 3 amide bonds. The van der Waals surface area contributed by atoms with Crippen molar-refractivity contribution in [3.05, 3.63) is 77.9 Å². The standard InChI is InChI=1S/C26H29N3O6/c1-3-12-27(14-18-8-10-21(34-2)11-9-18)25(32)29-17-22(13-23(29)24(30)31)35-26(33)28-15-19-6-4-5-7-20(19)16-28/h3-11,22-23H,1,12-17H2,2H3,(H,30,31)/t22-,23?/m1/s1. The van der Waals surface area contributed by atoms with E-state index in [1.165, 1.54) is 9.80 Å². The first-order valence-corrected chi connectivity index (χ1v) is 11.4. The maximum absolute atomic E-state index is 13.4. The molecule has 0 radical (unpaired) electrons. The van der Waals surface area contributed by atoms with E-state index in [0.717, 1.165) is 16.7 Å². The Morgan fingerprint density at radius 1 is 1.11 bits per heavy atom. The second-order valence-electron chi connectivity index (χ2n) is 8.67. The zero-order valence-electron chi connectivity index (χ0n) is 19.6. The predicted octanol–water partition coefficient (Wildman–Crippen LogP) is 3.48. The van der Waals surface area contributed by atoms with E-state index < -0.39 is 30.2 Å². The van der Waals surface area contributed by atoms with Crippen molar-refractivity contribution in [1.82, 2.24) is 14.7 Å². The lowest BCUT2D eigenvalue weighted by Crippen LogP contribution is -2.48. The van der Waals surface area contributed by atoms with E-state index in [1.54, 1.807) is 30.2 Å². The van der Waals surface area contributed by atoms with Crippen LogP contribution in [0.3, 0.4) is 0 Å². The molecule has 2 aliphatic heterocycles. The van der Waals surface area contributed by atoms with Crippen molar-refractivity contribution in [1.29, 1.82) is 0 Å². The fourth-order valence-electron chi connectivity index (χ4n) is 4.51. The Morgan fingerprint density at radius 3 is 2.34 bits per heavy atom. The summed E-state index contributed by atoms with van der Waals surface area (Å²) in [4.78, 5) is 42.5. The minimum absolute atomic E-state index is 0.0125. The van der Waals surface area contributed by atoms with Crippen LogP contribution in [0.15, 0.2) is 61.2 Å². The van der Waals surface area contributed by atoms with Crippen LogP contribution in [0.2, 0.25) is 0 Å². The van der Waals surface area contributed by atoms with Crippen LogP contribution in [0.1, 0.15) is 23.1 Å². The zero-order valence-corrected chi connectivity index (χ0v) is 19.6. The minimum atomic E-state index is -1.13. The van der Waals surface area contributed by atoms with Crippen LogP contribution in [0, 0.1) is 0 Å². The molecule has 4 rings (SSSR count). The number of benzene rings is 2. The fraction of sp³-hybridized carbons (Fsp3) is 0.346. The molecule has 2 heterocycles. The van der Waals surface area contributed by atoms with Crippen LogP contribution in [0.4, 0.5) is 9.59 Å². The molecule has 0 saturated carbocycles. The number of amides is 3. The molecular formula is C26H29N3O6.